The Labute approximate surface area is 62.4 Å². The second-order valence-electron chi connectivity index (χ2n) is 2.68. The maximum absolute atomic E-state index is 12.0. The molecule has 0 radical (unpaired) electrons. The van der Waals surface area contributed by atoms with Crippen LogP contribution in [0.2, 0.25) is 0 Å². The molecule has 0 aliphatic carbocycles. The number of aliphatic hydroxyl groups excluding tert-OH is 1. The van der Waals surface area contributed by atoms with Gasteiger partial charge >= 0.3 is 6.18 Å². The van der Waals surface area contributed by atoms with Gasteiger partial charge in [0, 0.05) is 0 Å². The highest BCUT2D eigenvalue weighted by molar-refractivity contribution is 4.86. The largest absolute Gasteiger partial charge is 0.406 e. The molecule has 1 rings (SSSR count). The van der Waals surface area contributed by atoms with Crippen molar-refractivity contribution in [3.63, 3.8) is 0 Å². The van der Waals surface area contributed by atoms with E-state index in [1.807, 2.05) is 0 Å². The fourth-order valence-electron chi connectivity index (χ4n) is 1.21. The van der Waals surface area contributed by atoms with Gasteiger partial charge in [-0.3, -0.25) is 0 Å². The standard InChI is InChI=1S/C6H10F3NO/c7-6(8,9)5-4(11)2-1-3-10-5/h4-5,10-11H,1-3H2. The second kappa shape index (κ2) is 2.98. The van der Waals surface area contributed by atoms with Gasteiger partial charge in [0.15, 0.2) is 0 Å². The topological polar surface area (TPSA) is 32.3 Å². The lowest BCUT2D eigenvalue weighted by Crippen LogP contribution is -2.53. The van der Waals surface area contributed by atoms with E-state index in [0.29, 0.717) is 13.0 Å². The van der Waals surface area contributed by atoms with E-state index in [-0.39, 0.29) is 6.42 Å². The predicted molar refractivity (Wildman–Crippen MR) is 33.1 cm³/mol. The first-order valence-corrected chi connectivity index (χ1v) is 3.50. The number of hydrogen-bond donors (Lipinski definition) is 2. The highest BCUT2D eigenvalue weighted by Gasteiger charge is 2.44. The fourth-order valence-corrected chi connectivity index (χ4v) is 1.21. The van der Waals surface area contributed by atoms with Crippen LogP contribution in [0.25, 0.3) is 0 Å². The number of piperidine rings is 1. The lowest BCUT2D eigenvalue weighted by molar-refractivity contribution is -0.182. The quantitative estimate of drug-likeness (QED) is 0.558. The summed E-state index contributed by atoms with van der Waals surface area (Å²) in [7, 11) is 0. The zero-order chi connectivity index (χ0) is 8.48. The van der Waals surface area contributed by atoms with Crippen molar-refractivity contribution in [2.45, 2.75) is 31.2 Å². The number of alkyl halides is 3. The van der Waals surface area contributed by atoms with Gasteiger partial charge in [-0.05, 0) is 19.4 Å². The van der Waals surface area contributed by atoms with E-state index in [9.17, 15) is 13.2 Å². The van der Waals surface area contributed by atoms with E-state index in [1.165, 1.54) is 0 Å². The lowest BCUT2D eigenvalue weighted by Gasteiger charge is -2.30. The summed E-state index contributed by atoms with van der Waals surface area (Å²) in [6.45, 7) is 0.335. The molecule has 2 atom stereocenters. The van der Waals surface area contributed by atoms with E-state index in [0.717, 1.165) is 0 Å². The lowest BCUT2D eigenvalue weighted by atomic mass is 10.0. The van der Waals surface area contributed by atoms with Gasteiger partial charge in [-0.25, -0.2) is 0 Å². The Hall–Kier alpha value is -0.290. The van der Waals surface area contributed by atoms with Crippen molar-refractivity contribution in [1.82, 2.24) is 5.32 Å². The Morgan fingerprint density at radius 2 is 2.00 bits per heavy atom. The summed E-state index contributed by atoms with van der Waals surface area (Å²) < 4.78 is 35.9. The Kier molecular flexibility index (Phi) is 2.39. The van der Waals surface area contributed by atoms with Gasteiger partial charge in [0.05, 0.1) is 6.10 Å². The van der Waals surface area contributed by atoms with Crippen LogP contribution < -0.4 is 5.32 Å². The fraction of sp³-hybridized carbons (Fsp3) is 1.00. The molecule has 0 aromatic heterocycles. The van der Waals surface area contributed by atoms with E-state index in [4.69, 9.17) is 5.11 Å². The van der Waals surface area contributed by atoms with Crippen molar-refractivity contribution in [3.05, 3.63) is 0 Å². The molecule has 0 spiro atoms. The van der Waals surface area contributed by atoms with E-state index >= 15 is 0 Å². The van der Waals surface area contributed by atoms with Gasteiger partial charge in [0.1, 0.15) is 6.04 Å². The highest BCUT2D eigenvalue weighted by atomic mass is 19.4. The summed E-state index contributed by atoms with van der Waals surface area (Å²) in [6.07, 6.45) is -4.76. The van der Waals surface area contributed by atoms with Crippen molar-refractivity contribution in [2.24, 2.45) is 0 Å². The minimum atomic E-state index is -4.32. The van der Waals surface area contributed by atoms with Crippen molar-refractivity contribution in [2.75, 3.05) is 6.54 Å². The second-order valence-corrected chi connectivity index (χ2v) is 2.68. The van der Waals surface area contributed by atoms with Crippen LogP contribution in [0.4, 0.5) is 13.2 Å². The molecule has 0 saturated carbocycles. The average molecular weight is 169 g/mol. The molecule has 1 heterocycles. The molecule has 11 heavy (non-hydrogen) atoms. The van der Waals surface area contributed by atoms with Gasteiger partial charge in [-0.2, -0.15) is 13.2 Å². The molecule has 66 valence electrons. The minimum Gasteiger partial charge on any atom is -0.391 e. The van der Waals surface area contributed by atoms with Gasteiger partial charge in [-0.1, -0.05) is 0 Å². The molecular formula is C6H10F3NO. The molecule has 2 nitrogen and oxygen atoms in total. The first-order valence-electron chi connectivity index (χ1n) is 3.50. The van der Waals surface area contributed by atoms with Crippen LogP contribution in [0.5, 0.6) is 0 Å². The Bertz CT molecular complexity index is 136. The zero-order valence-corrected chi connectivity index (χ0v) is 5.86. The molecule has 0 aromatic rings. The molecule has 1 fully saturated rings. The smallest absolute Gasteiger partial charge is 0.391 e. The van der Waals surface area contributed by atoms with Crippen molar-refractivity contribution < 1.29 is 18.3 Å². The third-order valence-electron chi connectivity index (χ3n) is 1.78. The number of hydrogen-bond acceptors (Lipinski definition) is 2. The van der Waals surface area contributed by atoms with Crippen molar-refractivity contribution in [3.8, 4) is 0 Å². The Balaban J connectivity index is 2.55. The summed E-state index contributed by atoms with van der Waals surface area (Å²) in [5.41, 5.74) is 0. The van der Waals surface area contributed by atoms with Gasteiger partial charge in [-0.15, -0.1) is 0 Å². The molecule has 2 N–H and O–H groups in total. The SMILES string of the molecule is OC1CCCNC1C(F)(F)F. The predicted octanol–water partition coefficient (Wildman–Crippen LogP) is 0.662. The number of rotatable bonds is 0. The molecule has 1 aliphatic heterocycles. The van der Waals surface area contributed by atoms with Crippen molar-refractivity contribution >= 4 is 0 Å². The first-order chi connectivity index (χ1) is 5.02. The van der Waals surface area contributed by atoms with Crippen LogP contribution in [0, 0.1) is 0 Å². The van der Waals surface area contributed by atoms with Crippen LogP contribution in [0.15, 0.2) is 0 Å². The highest BCUT2D eigenvalue weighted by Crippen LogP contribution is 2.26. The molecule has 0 bridgehead atoms. The number of nitrogens with one attached hydrogen (secondary N) is 1. The molecule has 2 unspecified atom stereocenters. The van der Waals surface area contributed by atoms with Crippen LogP contribution >= 0.6 is 0 Å². The van der Waals surface area contributed by atoms with Crippen LogP contribution in [0.3, 0.4) is 0 Å². The summed E-state index contributed by atoms with van der Waals surface area (Å²) in [5, 5.41) is 11.2. The molecule has 5 heteroatoms. The summed E-state index contributed by atoms with van der Waals surface area (Å²) in [5.74, 6) is 0. The summed E-state index contributed by atoms with van der Waals surface area (Å²) in [6, 6.07) is -1.73. The van der Waals surface area contributed by atoms with Crippen LogP contribution in [-0.4, -0.2) is 30.0 Å². The van der Waals surface area contributed by atoms with Crippen LogP contribution in [-0.2, 0) is 0 Å². The monoisotopic (exact) mass is 169 g/mol. The maximum atomic E-state index is 12.0. The van der Waals surface area contributed by atoms with Gasteiger partial charge < -0.3 is 10.4 Å². The van der Waals surface area contributed by atoms with E-state index < -0.39 is 18.3 Å². The number of halogens is 3. The molecule has 1 saturated heterocycles. The molecule has 0 aromatic carbocycles. The van der Waals surface area contributed by atoms with Gasteiger partial charge in [0.25, 0.3) is 0 Å². The molecular weight excluding hydrogens is 159 g/mol. The average Bonchev–Trinajstić information content (AvgIpc) is 1.86. The van der Waals surface area contributed by atoms with E-state index in [2.05, 4.69) is 5.32 Å². The Morgan fingerprint density at radius 3 is 2.36 bits per heavy atom. The number of aliphatic hydroxyl groups is 1. The first kappa shape index (κ1) is 8.80. The summed E-state index contributed by atoms with van der Waals surface area (Å²) >= 11 is 0. The third kappa shape index (κ3) is 2.07. The van der Waals surface area contributed by atoms with Crippen molar-refractivity contribution in [1.29, 1.82) is 0 Å². The van der Waals surface area contributed by atoms with E-state index in [1.54, 1.807) is 0 Å². The Morgan fingerprint density at radius 1 is 1.36 bits per heavy atom. The summed E-state index contributed by atoms with van der Waals surface area (Å²) in [4.78, 5) is 0. The minimum absolute atomic E-state index is 0.233. The third-order valence-corrected chi connectivity index (χ3v) is 1.78. The molecule has 1 aliphatic rings. The maximum Gasteiger partial charge on any atom is 0.406 e. The zero-order valence-electron chi connectivity index (χ0n) is 5.86. The molecule has 0 amide bonds. The van der Waals surface area contributed by atoms with Gasteiger partial charge in [0.2, 0.25) is 0 Å². The van der Waals surface area contributed by atoms with Crippen LogP contribution in [0.1, 0.15) is 12.8 Å². The normalized spacial score (nSPS) is 33.8.